The van der Waals surface area contributed by atoms with Crippen molar-refractivity contribution in [2.24, 2.45) is 0 Å². The zero-order valence-corrected chi connectivity index (χ0v) is 10.4. The van der Waals surface area contributed by atoms with E-state index in [4.69, 9.17) is 15.4 Å². The molecule has 0 aromatic carbocycles. The number of ether oxygens (including phenoxy) is 1. The van der Waals surface area contributed by atoms with Crippen molar-refractivity contribution < 1.29 is 13.2 Å². The largest absolute Gasteiger partial charge is 0.379 e. The van der Waals surface area contributed by atoms with Gasteiger partial charge < -0.3 is 4.74 Å². The maximum Gasteiger partial charge on any atom is 0.232 e. The third-order valence-corrected chi connectivity index (χ3v) is 3.12. The first-order valence-electron chi connectivity index (χ1n) is 4.99. The Labute approximate surface area is 91.2 Å². The summed E-state index contributed by atoms with van der Waals surface area (Å²) in [5.41, 5.74) is 0. The third kappa shape index (κ3) is 10.3. The van der Waals surface area contributed by atoms with Gasteiger partial charge in [0.1, 0.15) is 0 Å². The summed E-state index contributed by atoms with van der Waals surface area (Å²) in [6.07, 6.45) is 3.75. The molecule has 1 unspecified atom stereocenters. The zero-order valence-electron chi connectivity index (χ0n) is 8.83. The van der Waals surface area contributed by atoms with Crippen molar-refractivity contribution in [3.05, 3.63) is 0 Å². The predicted octanol–water partition coefficient (Wildman–Crippen LogP) is 2.54. The molecule has 0 heterocycles. The molecule has 5 heteroatoms. The number of unbranched alkanes of at least 4 members (excludes halogenated alkanes) is 1. The van der Waals surface area contributed by atoms with Crippen LogP contribution in [0.3, 0.4) is 0 Å². The van der Waals surface area contributed by atoms with Crippen LogP contribution in [0, 0.1) is 0 Å². The van der Waals surface area contributed by atoms with E-state index < -0.39 is 9.05 Å². The molecule has 0 fully saturated rings. The molecule has 0 aliphatic rings. The lowest BCUT2D eigenvalue weighted by atomic mass is 10.2. The highest BCUT2D eigenvalue weighted by molar-refractivity contribution is 8.13. The first-order chi connectivity index (χ1) is 6.45. The van der Waals surface area contributed by atoms with Gasteiger partial charge in [0.15, 0.2) is 0 Å². The van der Waals surface area contributed by atoms with Crippen molar-refractivity contribution in [2.45, 2.75) is 45.6 Å². The first kappa shape index (κ1) is 14.2. The molecular weight excluding hydrogens is 224 g/mol. The van der Waals surface area contributed by atoms with Crippen LogP contribution in [0.5, 0.6) is 0 Å². The van der Waals surface area contributed by atoms with E-state index in [1.807, 2.05) is 6.92 Å². The summed E-state index contributed by atoms with van der Waals surface area (Å²) in [6, 6.07) is 0. The molecule has 0 radical (unpaired) electrons. The normalized spacial score (nSPS) is 14.2. The SMILES string of the molecule is CCCC(C)OCCCCS(=O)(=O)Cl. The van der Waals surface area contributed by atoms with Gasteiger partial charge in [-0.1, -0.05) is 13.3 Å². The lowest BCUT2D eigenvalue weighted by molar-refractivity contribution is 0.0580. The minimum atomic E-state index is -3.32. The van der Waals surface area contributed by atoms with E-state index in [-0.39, 0.29) is 11.9 Å². The van der Waals surface area contributed by atoms with Crippen LogP contribution >= 0.6 is 10.7 Å². The van der Waals surface area contributed by atoms with Crippen molar-refractivity contribution in [1.82, 2.24) is 0 Å². The molecule has 0 N–H and O–H groups in total. The molecule has 3 nitrogen and oxygen atoms in total. The Morgan fingerprint density at radius 3 is 2.50 bits per heavy atom. The van der Waals surface area contributed by atoms with Crippen LogP contribution in [-0.2, 0) is 13.8 Å². The maximum atomic E-state index is 10.6. The van der Waals surface area contributed by atoms with Gasteiger partial charge in [-0.3, -0.25) is 0 Å². The molecule has 1 atom stereocenters. The van der Waals surface area contributed by atoms with E-state index in [0.29, 0.717) is 13.0 Å². The van der Waals surface area contributed by atoms with Gasteiger partial charge in [-0.25, -0.2) is 8.42 Å². The Kier molecular flexibility index (Phi) is 7.59. The monoisotopic (exact) mass is 242 g/mol. The molecule has 0 aliphatic heterocycles. The van der Waals surface area contributed by atoms with Gasteiger partial charge in [-0.05, 0) is 26.2 Å². The summed E-state index contributed by atoms with van der Waals surface area (Å²) < 4.78 is 26.6. The van der Waals surface area contributed by atoms with Gasteiger partial charge in [0.05, 0.1) is 11.9 Å². The average molecular weight is 243 g/mol. The molecule has 0 spiro atoms. The van der Waals surface area contributed by atoms with Crippen molar-refractivity contribution >= 4 is 19.7 Å². The van der Waals surface area contributed by atoms with Crippen LogP contribution in [0.4, 0.5) is 0 Å². The minimum Gasteiger partial charge on any atom is -0.379 e. The van der Waals surface area contributed by atoms with Crippen molar-refractivity contribution in [2.75, 3.05) is 12.4 Å². The fraction of sp³-hybridized carbons (Fsp3) is 1.00. The van der Waals surface area contributed by atoms with E-state index in [2.05, 4.69) is 6.92 Å². The van der Waals surface area contributed by atoms with Crippen LogP contribution < -0.4 is 0 Å². The van der Waals surface area contributed by atoms with Crippen molar-refractivity contribution in [3.63, 3.8) is 0 Å². The zero-order chi connectivity index (χ0) is 11.0. The molecule has 0 amide bonds. The summed E-state index contributed by atoms with van der Waals surface area (Å²) in [7, 11) is 1.74. The molecule has 14 heavy (non-hydrogen) atoms. The van der Waals surface area contributed by atoms with Gasteiger partial charge in [-0.2, -0.15) is 0 Å². The quantitative estimate of drug-likeness (QED) is 0.485. The van der Waals surface area contributed by atoms with Crippen LogP contribution in [0.2, 0.25) is 0 Å². The fourth-order valence-corrected chi connectivity index (χ4v) is 2.03. The number of hydrogen-bond acceptors (Lipinski definition) is 3. The summed E-state index contributed by atoms with van der Waals surface area (Å²) in [5, 5.41) is 0. The Bertz CT molecular complexity index is 226. The second-order valence-electron chi connectivity index (χ2n) is 3.42. The molecule has 0 aromatic rings. The minimum absolute atomic E-state index is 0.0417. The Hall–Kier alpha value is 0.200. The molecule has 0 aromatic heterocycles. The molecule has 0 saturated heterocycles. The van der Waals surface area contributed by atoms with E-state index in [0.717, 1.165) is 19.3 Å². The topological polar surface area (TPSA) is 43.4 Å². The molecular formula is C9H19ClO3S. The predicted molar refractivity (Wildman–Crippen MR) is 59.2 cm³/mol. The van der Waals surface area contributed by atoms with E-state index in [9.17, 15) is 8.42 Å². The highest BCUT2D eigenvalue weighted by Crippen LogP contribution is 2.04. The number of hydrogen-bond donors (Lipinski definition) is 0. The third-order valence-electron chi connectivity index (χ3n) is 1.88. The second-order valence-corrected chi connectivity index (χ2v) is 6.32. The highest BCUT2D eigenvalue weighted by atomic mass is 35.7. The highest BCUT2D eigenvalue weighted by Gasteiger charge is 2.04. The number of rotatable bonds is 8. The Morgan fingerprint density at radius 1 is 1.36 bits per heavy atom. The van der Waals surface area contributed by atoms with Crippen molar-refractivity contribution in [3.8, 4) is 0 Å². The molecule has 0 rings (SSSR count). The van der Waals surface area contributed by atoms with Crippen LogP contribution in [0.1, 0.15) is 39.5 Å². The molecule has 0 bridgehead atoms. The lowest BCUT2D eigenvalue weighted by Crippen LogP contribution is -2.09. The standard InChI is InChI=1S/C9H19ClO3S/c1-3-6-9(2)13-7-4-5-8-14(10,11)12/h9H,3-8H2,1-2H3. The summed E-state index contributed by atoms with van der Waals surface area (Å²) in [4.78, 5) is 0. The van der Waals surface area contributed by atoms with Gasteiger partial charge in [0.2, 0.25) is 9.05 Å². The lowest BCUT2D eigenvalue weighted by Gasteiger charge is -2.10. The first-order valence-corrected chi connectivity index (χ1v) is 7.47. The number of halogens is 1. The fourth-order valence-electron chi connectivity index (χ4n) is 1.15. The van der Waals surface area contributed by atoms with Crippen molar-refractivity contribution in [1.29, 1.82) is 0 Å². The van der Waals surface area contributed by atoms with Gasteiger partial charge in [-0.15, -0.1) is 0 Å². The van der Waals surface area contributed by atoms with Crippen LogP contribution in [0.15, 0.2) is 0 Å². The molecule has 86 valence electrons. The van der Waals surface area contributed by atoms with Crippen LogP contribution in [-0.4, -0.2) is 26.9 Å². The summed E-state index contributed by atoms with van der Waals surface area (Å²) in [5.74, 6) is 0.0417. The maximum absolute atomic E-state index is 10.6. The average Bonchev–Trinajstić information content (AvgIpc) is 2.02. The smallest absolute Gasteiger partial charge is 0.232 e. The second kappa shape index (κ2) is 7.49. The van der Waals surface area contributed by atoms with Crippen LogP contribution in [0.25, 0.3) is 0 Å². The summed E-state index contributed by atoms with van der Waals surface area (Å²) >= 11 is 0. The van der Waals surface area contributed by atoms with E-state index >= 15 is 0 Å². The molecule has 0 saturated carbocycles. The Balaban J connectivity index is 3.30. The van der Waals surface area contributed by atoms with E-state index in [1.165, 1.54) is 0 Å². The Morgan fingerprint density at radius 2 is 2.00 bits per heavy atom. The molecule has 0 aliphatic carbocycles. The van der Waals surface area contributed by atoms with E-state index in [1.54, 1.807) is 0 Å². The van der Waals surface area contributed by atoms with Gasteiger partial charge in [0.25, 0.3) is 0 Å². The summed E-state index contributed by atoms with van der Waals surface area (Å²) in [6.45, 7) is 4.76. The van der Waals surface area contributed by atoms with Gasteiger partial charge >= 0.3 is 0 Å². The van der Waals surface area contributed by atoms with Gasteiger partial charge in [0, 0.05) is 17.3 Å².